The summed E-state index contributed by atoms with van der Waals surface area (Å²) < 4.78 is 10.9. The van der Waals surface area contributed by atoms with Crippen LogP contribution in [0.5, 0.6) is 0 Å². The maximum Gasteiger partial charge on any atom is 0.407 e. The first kappa shape index (κ1) is 22.8. The van der Waals surface area contributed by atoms with Gasteiger partial charge in [-0.25, -0.2) is 4.79 Å². The fourth-order valence-corrected chi connectivity index (χ4v) is 4.39. The highest BCUT2D eigenvalue weighted by Gasteiger charge is 2.31. The number of carbonyl (C=O) groups is 3. The van der Waals surface area contributed by atoms with E-state index in [-0.39, 0.29) is 44.2 Å². The molecule has 0 bridgehead atoms. The summed E-state index contributed by atoms with van der Waals surface area (Å²) in [7, 11) is 0. The lowest BCUT2D eigenvalue weighted by Gasteiger charge is -2.17. The summed E-state index contributed by atoms with van der Waals surface area (Å²) >= 11 is 0. The summed E-state index contributed by atoms with van der Waals surface area (Å²) in [5.41, 5.74) is 4.60. The Labute approximate surface area is 192 Å². The van der Waals surface area contributed by atoms with Crippen molar-refractivity contribution in [2.45, 2.75) is 25.4 Å². The molecule has 3 unspecified atom stereocenters. The van der Waals surface area contributed by atoms with Crippen molar-refractivity contribution in [2.75, 3.05) is 26.3 Å². The predicted octanol–water partition coefficient (Wildman–Crippen LogP) is 2.77. The maximum absolute atomic E-state index is 12.3. The number of ether oxygens (including phenoxy) is 2. The van der Waals surface area contributed by atoms with Gasteiger partial charge in [0, 0.05) is 19.0 Å². The Morgan fingerprint density at radius 3 is 2.30 bits per heavy atom. The summed E-state index contributed by atoms with van der Waals surface area (Å²) in [5, 5.41) is 14.4. The van der Waals surface area contributed by atoms with Gasteiger partial charge in [0.2, 0.25) is 5.91 Å². The molecule has 2 aromatic carbocycles. The van der Waals surface area contributed by atoms with Gasteiger partial charge < -0.3 is 25.2 Å². The second-order valence-electron chi connectivity index (χ2n) is 8.58. The number of carboxylic acids is 1. The van der Waals surface area contributed by atoms with Crippen LogP contribution in [0.1, 0.15) is 30.4 Å². The van der Waals surface area contributed by atoms with Gasteiger partial charge in [0.1, 0.15) is 6.61 Å². The normalized spacial score (nSPS) is 19.9. The number of nitrogens with one attached hydrogen (secondary N) is 2. The number of hydrogen-bond acceptors (Lipinski definition) is 5. The van der Waals surface area contributed by atoms with Crippen LogP contribution >= 0.6 is 0 Å². The van der Waals surface area contributed by atoms with Crippen LogP contribution in [-0.4, -0.2) is 55.5 Å². The van der Waals surface area contributed by atoms with E-state index >= 15 is 0 Å². The molecule has 0 aromatic heterocycles. The van der Waals surface area contributed by atoms with Gasteiger partial charge in [0.15, 0.2) is 0 Å². The van der Waals surface area contributed by atoms with Gasteiger partial charge in [-0.2, -0.15) is 0 Å². The quantitative estimate of drug-likeness (QED) is 0.568. The van der Waals surface area contributed by atoms with Gasteiger partial charge in [-0.05, 0) is 28.7 Å². The molecule has 1 fully saturated rings. The Morgan fingerprint density at radius 2 is 1.70 bits per heavy atom. The van der Waals surface area contributed by atoms with Crippen molar-refractivity contribution in [3.63, 3.8) is 0 Å². The summed E-state index contributed by atoms with van der Waals surface area (Å²) in [4.78, 5) is 35.6. The smallest absolute Gasteiger partial charge is 0.407 e. The number of carbonyl (C=O) groups excluding carboxylic acids is 2. The highest BCUT2D eigenvalue weighted by Crippen LogP contribution is 2.44. The molecule has 1 saturated heterocycles. The van der Waals surface area contributed by atoms with E-state index in [1.165, 1.54) is 0 Å². The van der Waals surface area contributed by atoms with E-state index in [2.05, 4.69) is 34.9 Å². The minimum absolute atomic E-state index is 0.0232. The molecule has 1 aliphatic carbocycles. The molecule has 4 rings (SSSR count). The largest absolute Gasteiger partial charge is 0.481 e. The molecule has 0 saturated carbocycles. The van der Waals surface area contributed by atoms with E-state index in [1.807, 2.05) is 24.3 Å². The van der Waals surface area contributed by atoms with Gasteiger partial charge in [-0.15, -0.1) is 0 Å². The van der Waals surface area contributed by atoms with Gasteiger partial charge >= 0.3 is 12.1 Å². The van der Waals surface area contributed by atoms with Crippen LogP contribution in [0.2, 0.25) is 0 Å². The molecule has 8 heteroatoms. The molecule has 1 heterocycles. The first-order valence-corrected chi connectivity index (χ1v) is 11.1. The predicted molar refractivity (Wildman–Crippen MR) is 121 cm³/mol. The minimum atomic E-state index is -0.885. The van der Waals surface area contributed by atoms with Crippen molar-refractivity contribution in [3.8, 4) is 11.1 Å². The fourth-order valence-electron chi connectivity index (χ4n) is 4.39. The number of hydrogen-bond donors (Lipinski definition) is 3. The molecule has 2 aromatic rings. The summed E-state index contributed by atoms with van der Waals surface area (Å²) in [6.45, 7) is 2.46. The third-order valence-electron chi connectivity index (χ3n) is 6.28. The number of fused-ring (bicyclic) bond motifs is 3. The van der Waals surface area contributed by atoms with E-state index < -0.39 is 23.9 Å². The molecule has 33 heavy (non-hydrogen) atoms. The first-order chi connectivity index (χ1) is 15.9. The average molecular weight is 453 g/mol. The third-order valence-corrected chi connectivity index (χ3v) is 6.28. The van der Waals surface area contributed by atoms with E-state index in [4.69, 9.17) is 14.6 Å². The van der Waals surface area contributed by atoms with Crippen molar-refractivity contribution < 1.29 is 29.0 Å². The zero-order valence-electron chi connectivity index (χ0n) is 18.5. The van der Waals surface area contributed by atoms with Crippen LogP contribution in [0.3, 0.4) is 0 Å². The topological polar surface area (TPSA) is 114 Å². The van der Waals surface area contributed by atoms with E-state index in [0.717, 1.165) is 22.3 Å². The zero-order valence-corrected chi connectivity index (χ0v) is 18.5. The Balaban J connectivity index is 1.21. The van der Waals surface area contributed by atoms with Gasteiger partial charge in [-0.1, -0.05) is 55.5 Å². The number of aliphatic carboxylic acids is 1. The molecule has 3 atom stereocenters. The standard InChI is InChI=1S/C25H28N2O6/c1-15(23(28)26-12-17-10-16(13-32-17)24(29)30)11-27-25(31)33-14-22-20-8-4-2-6-18(20)19-7-3-5-9-21(19)22/h2-9,15-17,22H,10-14H2,1H3,(H,26,28)(H,27,31)(H,29,30). The second kappa shape index (κ2) is 10.0. The van der Waals surface area contributed by atoms with E-state index in [1.54, 1.807) is 6.92 Å². The van der Waals surface area contributed by atoms with Crippen molar-refractivity contribution in [1.29, 1.82) is 0 Å². The Hall–Kier alpha value is -3.39. The summed E-state index contributed by atoms with van der Waals surface area (Å²) in [5.74, 6) is -2.15. The minimum Gasteiger partial charge on any atom is -0.481 e. The maximum atomic E-state index is 12.3. The fraction of sp³-hybridized carbons (Fsp3) is 0.400. The highest BCUT2D eigenvalue weighted by atomic mass is 16.5. The van der Waals surface area contributed by atoms with Gasteiger partial charge in [0.25, 0.3) is 0 Å². The molecule has 174 valence electrons. The van der Waals surface area contributed by atoms with Crippen LogP contribution in [0.25, 0.3) is 11.1 Å². The zero-order chi connectivity index (χ0) is 23.4. The summed E-state index contributed by atoms with van der Waals surface area (Å²) in [6.07, 6.45) is -0.501. The highest BCUT2D eigenvalue weighted by molar-refractivity contribution is 5.80. The van der Waals surface area contributed by atoms with Crippen LogP contribution in [0.15, 0.2) is 48.5 Å². The number of amides is 2. The van der Waals surface area contributed by atoms with Crippen LogP contribution < -0.4 is 10.6 Å². The SMILES string of the molecule is CC(CNC(=O)OCC1c2ccccc2-c2ccccc21)C(=O)NCC1CC(C(=O)O)CO1. The lowest BCUT2D eigenvalue weighted by atomic mass is 9.98. The molecule has 2 aliphatic rings. The lowest BCUT2D eigenvalue weighted by Crippen LogP contribution is -2.40. The molecule has 8 nitrogen and oxygen atoms in total. The number of carboxylic acid groups (broad SMARTS) is 1. The molecule has 2 amide bonds. The number of benzene rings is 2. The van der Waals surface area contributed by atoms with E-state index in [0.29, 0.717) is 6.42 Å². The molecule has 0 radical (unpaired) electrons. The molecule has 1 aliphatic heterocycles. The number of alkyl carbamates (subject to hydrolysis) is 1. The van der Waals surface area contributed by atoms with E-state index in [9.17, 15) is 14.4 Å². The van der Waals surface area contributed by atoms with Crippen molar-refractivity contribution in [1.82, 2.24) is 10.6 Å². The molecular weight excluding hydrogens is 424 g/mol. The lowest BCUT2D eigenvalue weighted by molar-refractivity contribution is -0.141. The molecule has 0 spiro atoms. The molecular formula is C25H28N2O6. The average Bonchev–Trinajstić information content (AvgIpc) is 3.43. The van der Waals surface area contributed by atoms with Crippen molar-refractivity contribution in [2.24, 2.45) is 11.8 Å². The van der Waals surface area contributed by atoms with Crippen molar-refractivity contribution >= 4 is 18.0 Å². The molecule has 3 N–H and O–H groups in total. The Kier molecular flexibility index (Phi) is 6.93. The van der Waals surface area contributed by atoms with Gasteiger partial charge in [-0.3, -0.25) is 9.59 Å². The van der Waals surface area contributed by atoms with Crippen LogP contribution in [-0.2, 0) is 19.1 Å². The van der Waals surface area contributed by atoms with Gasteiger partial charge in [0.05, 0.1) is 24.5 Å². The number of rotatable bonds is 8. The summed E-state index contributed by atoms with van der Waals surface area (Å²) in [6, 6.07) is 16.2. The monoisotopic (exact) mass is 452 g/mol. The Morgan fingerprint density at radius 1 is 1.06 bits per heavy atom. The van der Waals surface area contributed by atoms with Crippen LogP contribution in [0, 0.1) is 11.8 Å². The van der Waals surface area contributed by atoms with Crippen LogP contribution in [0.4, 0.5) is 4.79 Å². The van der Waals surface area contributed by atoms with Crippen molar-refractivity contribution in [3.05, 3.63) is 59.7 Å². The third kappa shape index (κ3) is 5.17. The second-order valence-corrected chi connectivity index (χ2v) is 8.58. The first-order valence-electron chi connectivity index (χ1n) is 11.1. The Bertz CT molecular complexity index is 994.